The number of piperazine rings is 1. The number of fused-ring (bicyclic) bond motifs is 1. The maximum atomic E-state index is 12.8. The highest BCUT2D eigenvalue weighted by Gasteiger charge is 2.23. The maximum absolute atomic E-state index is 12.8. The second-order valence-corrected chi connectivity index (χ2v) is 6.99. The molecule has 136 valence electrons. The third kappa shape index (κ3) is 3.79. The zero-order valence-electron chi connectivity index (χ0n) is 14.5. The molecule has 2 aromatic carbocycles. The van der Waals surface area contributed by atoms with E-state index < -0.39 is 0 Å². The molecule has 6 heteroatoms. The molecule has 2 aromatic rings. The number of halogens is 1. The standard InChI is InChI=1S/C20H21ClN2O3/c21-17-3-1-2-15(12-17)14-22-6-8-23(9-7-22)20(24)16-4-5-18-19(13-16)26-11-10-25-18/h1-5,12-13H,6-11,14H2. The smallest absolute Gasteiger partial charge is 0.254 e. The molecule has 0 saturated carbocycles. The minimum absolute atomic E-state index is 0.0457. The van der Waals surface area contributed by atoms with Gasteiger partial charge in [0.05, 0.1) is 0 Å². The van der Waals surface area contributed by atoms with Gasteiger partial charge in [-0.15, -0.1) is 0 Å². The summed E-state index contributed by atoms with van der Waals surface area (Å²) in [7, 11) is 0. The van der Waals surface area contributed by atoms with E-state index >= 15 is 0 Å². The van der Waals surface area contributed by atoms with Crippen LogP contribution in [0.3, 0.4) is 0 Å². The van der Waals surface area contributed by atoms with Crippen molar-refractivity contribution in [2.75, 3.05) is 39.4 Å². The molecule has 0 spiro atoms. The first kappa shape index (κ1) is 17.2. The molecule has 1 fully saturated rings. The lowest BCUT2D eigenvalue weighted by molar-refractivity contribution is 0.0627. The summed E-state index contributed by atoms with van der Waals surface area (Å²) in [6.45, 7) is 5.06. The van der Waals surface area contributed by atoms with E-state index in [2.05, 4.69) is 11.0 Å². The van der Waals surface area contributed by atoms with E-state index in [1.165, 1.54) is 5.56 Å². The first-order chi connectivity index (χ1) is 12.7. The van der Waals surface area contributed by atoms with Crippen molar-refractivity contribution in [3.8, 4) is 11.5 Å². The van der Waals surface area contributed by atoms with Gasteiger partial charge >= 0.3 is 0 Å². The minimum atomic E-state index is 0.0457. The molecule has 0 N–H and O–H groups in total. The Bertz CT molecular complexity index is 803. The van der Waals surface area contributed by atoms with Gasteiger partial charge in [-0.3, -0.25) is 9.69 Å². The van der Waals surface area contributed by atoms with Gasteiger partial charge in [0, 0.05) is 43.3 Å². The van der Waals surface area contributed by atoms with Gasteiger partial charge in [-0.25, -0.2) is 0 Å². The molecule has 2 aliphatic rings. The highest BCUT2D eigenvalue weighted by Crippen LogP contribution is 2.31. The van der Waals surface area contributed by atoms with Crippen LogP contribution < -0.4 is 9.47 Å². The number of hydrogen-bond donors (Lipinski definition) is 0. The summed E-state index contributed by atoms with van der Waals surface area (Å²) >= 11 is 6.06. The van der Waals surface area contributed by atoms with Gasteiger partial charge in [0.1, 0.15) is 13.2 Å². The van der Waals surface area contributed by atoms with E-state index in [0.717, 1.165) is 24.7 Å². The summed E-state index contributed by atoms with van der Waals surface area (Å²) in [6, 6.07) is 13.3. The first-order valence-electron chi connectivity index (χ1n) is 8.85. The Hall–Kier alpha value is -2.24. The fourth-order valence-electron chi connectivity index (χ4n) is 3.36. The number of nitrogens with zero attached hydrogens (tertiary/aromatic N) is 2. The Kier molecular flexibility index (Phi) is 5.00. The van der Waals surface area contributed by atoms with Gasteiger partial charge in [0.25, 0.3) is 5.91 Å². The molecule has 5 nitrogen and oxygen atoms in total. The van der Waals surface area contributed by atoms with E-state index in [1.807, 2.05) is 35.2 Å². The lowest BCUT2D eigenvalue weighted by atomic mass is 10.1. The second kappa shape index (κ2) is 7.56. The largest absolute Gasteiger partial charge is 0.486 e. The Morgan fingerprint density at radius 1 is 0.962 bits per heavy atom. The Balaban J connectivity index is 1.36. The van der Waals surface area contributed by atoms with Crippen LogP contribution in [0, 0.1) is 0 Å². The second-order valence-electron chi connectivity index (χ2n) is 6.56. The summed E-state index contributed by atoms with van der Waals surface area (Å²) in [6.07, 6.45) is 0. The molecule has 2 aliphatic heterocycles. The van der Waals surface area contributed by atoms with Crippen LogP contribution >= 0.6 is 11.6 Å². The molecule has 0 aromatic heterocycles. The molecule has 0 aliphatic carbocycles. The van der Waals surface area contributed by atoms with Crippen LogP contribution in [0.15, 0.2) is 42.5 Å². The fraction of sp³-hybridized carbons (Fsp3) is 0.350. The van der Waals surface area contributed by atoms with Crippen molar-refractivity contribution in [3.63, 3.8) is 0 Å². The number of ether oxygens (including phenoxy) is 2. The molecule has 1 saturated heterocycles. The van der Waals surface area contributed by atoms with E-state index in [0.29, 0.717) is 43.4 Å². The highest BCUT2D eigenvalue weighted by atomic mass is 35.5. The third-order valence-electron chi connectivity index (χ3n) is 4.74. The van der Waals surface area contributed by atoms with E-state index in [9.17, 15) is 4.79 Å². The molecule has 4 rings (SSSR count). The minimum Gasteiger partial charge on any atom is -0.486 e. The molecular weight excluding hydrogens is 352 g/mol. The van der Waals surface area contributed by atoms with Gasteiger partial charge < -0.3 is 14.4 Å². The van der Waals surface area contributed by atoms with Gasteiger partial charge in [-0.05, 0) is 35.9 Å². The number of carbonyl (C=O) groups is 1. The maximum Gasteiger partial charge on any atom is 0.254 e. The predicted octanol–water partition coefficient (Wildman–Crippen LogP) is 3.07. The predicted molar refractivity (Wildman–Crippen MR) is 100 cm³/mol. The summed E-state index contributed by atoms with van der Waals surface area (Å²) in [5, 5.41) is 0.759. The molecule has 1 amide bonds. The number of rotatable bonds is 3. The van der Waals surface area contributed by atoms with Crippen LogP contribution in [-0.4, -0.2) is 55.1 Å². The van der Waals surface area contributed by atoms with Crippen molar-refractivity contribution >= 4 is 17.5 Å². The highest BCUT2D eigenvalue weighted by molar-refractivity contribution is 6.30. The molecule has 0 radical (unpaired) electrons. The Labute approximate surface area is 158 Å². The monoisotopic (exact) mass is 372 g/mol. The fourth-order valence-corrected chi connectivity index (χ4v) is 3.57. The Morgan fingerprint density at radius 3 is 2.50 bits per heavy atom. The van der Waals surface area contributed by atoms with Crippen molar-refractivity contribution in [2.45, 2.75) is 6.54 Å². The van der Waals surface area contributed by atoms with E-state index in [-0.39, 0.29) is 5.91 Å². The Morgan fingerprint density at radius 2 is 1.73 bits per heavy atom. The van der Waals surface area contributed by atoms with Crippen LogP contribution in [0.4, 0.5) is 0 Å². The topological polar surface area (TPSA) is 42.0 Å². The van der Waals surface area contributed by atoms with Crippen LogP contribution in [-0.2, 0) is 6.54 Å². The van der Waals surface area contributed by atoms with Crippen LogP contribution in [0.25, 0.3) is 0 Å². The number of hydrogen-bond acceptors (Lipinski definition) is 4. The number of carbonyl (C=O) groups excluding carboxylic acids is 1. The van der Waals surface area contributed by atoms with E-state index in [1.54, 1.807) is 6.07 Å². The first-order valence-corrected chi connectivity index (χ1v) is 9.22. The molecule has 2 heterocycles. The molecule has 0 unspecified atom stereocenters. The molecule has 0 bridgehead atoms. The van der Waals surface area contributed by atoms with Gasteiger partial charge in [-0.1, -0.05) is 23.7 Å². The summed E-state index contributed by atoms with van der Waals surface area (Å²) in [4.78, 5) is 17.0. The van der Waals surface area contributed by atoms with Crippen LogP contribution in [0.2, 0.25) is 5.02 Å². The van der Waals surface area contributed by atoms with Crippen molar-refractivity contribution in [1.82, 2.24) is 9.80 Å². The van der Waals surface area contributed by atoms with Gasteiger partial charge in [0.15, 0.2) is 11.5 Å². The summed E-state index contributed by atoms with van der Waals surface area (Å²) in [5.41, 5.74) is 1.85. The summed E-state index contributed by atoms with van der Waals surface area (Å²) in [5.74, 6) is 1.41. The van der Waals surface area contributed by atoms with Gasteiger partial charge in [-0.2, -0.15) is 0 Å². The molecular formula is C20H21ClN2O3. The van der Waals surface area contributed by atoms with Crippen LogP contribution in [0.5, 0.6) is 11.5 Å². The lowest BCUT2D eigenvalue weighted by Crippen LogP contribution is -2.48. The third-order valence-corrected chi connectivity index (χ3v) is 4.98. The van der Waals surface area contributed by atoms with Gasteiger partial charge in [0.2, 0.25) is 0 Å². The molecule has 0 atom stereocenters. The average Bonchev–Trinajstić information content (AvgIpc) is 2.68. The zero-order valence-corrected chi connectivity index (χ0v) is 15.2. The number of amides is 1. The van der Waals surface area contributed by atoms with Crippen LogP contribution in [0.1, 0.15) is 15.9 Å². The molecule has 26 heavy (non-hydrogen) atoms. The van der Waals surface area contributed by atoms with Crippen molar-refractivity contribution in [1.29, 1.82) is 0 Å². The normalized spacial score (nSPS) is 17.2. The summed E-state index contributed by atoms with van der Waals surface area (Å²) < 4.78 is 11.1. The number of benzene rings is 2. The van der Waals surface area contributed by atoms with Crippen molar-refractivity contribution in [3.05, 3.63) is 58.6 Å². The average molecular weight is 373 g/mol. The van der Waals surface area contributed by atoms with E-state index in [4.69, 9.17) is 21.1 Å². The zero-order chi connectivity index (χ0) is 17.9. The van der Waals surface area contributed by atoms with Crippen molar-refractivity contribution < 1.29 is 14.3 Å². The lowest BCUT2D eigenvalue weighted by Gasteiger charge is -2.35. The van der Waals surface area contributed by atoms with Crippen molar-refractivity contribution in [2.24, 2.45) is 0 Å². The quantitative estimate of drug-likeness (QED) is 0.830. The SMILES string of the molecule is O=C(c1ccc2c(c1)OCCO2)N1CCN(Cc2cccc(Cl)c2)CC1.